The van der Waals surface area contributed by atoms with Crippen LogP contribution < -0.4 is 4.74 Å². The van der Waals surface area contributed by atoms with Crippen LogP contribution in [-0.4, -0.2) is 75.3 Å². The summed E-state index contributed by atoms with van der Waals surface area (Å²) in [7, 11) is 1.28. The number of hydrogen-bond donors (Lipinski definition) is 3. The zero-order valence-electron chi connectivity index (χ0n) is 24.7. The summed E-state index contributed by atoms with van der Waals surface area (Å²) in [6, 6.07) is 9.25. The van der Waals surface area contributed by atoms with E-state index in [-0.39, 0.29) is 28.0 Å². The number of benzene rings is 2. The van der Waals surface area contributed by atoms with Crippen molar-refractivity contribution in [3.63, 3.8) is 0 Å². The summed E-state index contributed by atoms with van der Waals surface area (Å²) < 4.78 is 24.3. The molecule has 5 atom stereocenters. The van der Waals surface area contributed by atoms with Gasteiger partial charge in [0.25, 0.3) is 0 Å². The number of nitrogens with zero attached hydrogens (tertiary/aromatic N) is 2. The fourth-order valence-electron chi connectivity index (χ4n) is 5.25. The molecule has 1 aliphatic rings. The number of unbranched alkanes of at least 4 members (excludes halogenated alkanes) is 5. The summed E-state index contributed by atoms with van der Waals surface area (Å²) in [4.78, 5) is 18.0. The van der Waals surface area contributed by atoms with Gasteiger partial charge in [0.2, 0.25) is 0 Å². The van der Waals surface area contributed by atoms with Gasteiger partial charge in [0.15, 0.2) is 18.1 Å². The summed E-state index contributed by atoms with van der Waals surface area (Å²) in [5.41, 5.74) is 2.22. The number of rotatable bonds is 14. The molecule has 0 unspecified atom stereocenters. The third-order valence-corrected chi connectivity index (χ3v) is 8.46. The number of fused-ring (bicyclic) bond motifs is 1. The summed E-state index contributed by atoms with van der Waals surface area (Å²) in [6.45, 7) is 1.91. The second-order valence-electron chi connectivity index (χ2n) is 10.7. The van der Waals surface area contributed by atoms with Crippen LogP contribution in [0.5, 0.6) is 5.75 Å². The van der Waals surface area contributed by atoms with Crippen LogP contribution in [0.25, 0.3) is 11.0 Å². The van der Waals surface area contributed by atoms with Gasteiger partial charge in [-0.1, -0.05) is 54.6 Å². The Bertz CT molecular complexity index is 1470. The largest absolute Gasteiger partial charge is 0.483 e. The maximum Gasteiger partial charge on any atom is 0.339 e. The highest BCUT2D eigenvalue weighted by Crippen LogP contribution is 2.39. The standard InChI is InChI=1S/C32H38Cl2N2O8/c1-4-5-6-7-8-9-12-15-36-23-14-11-10-13-22(23)35-25(36)18-42-29-21(33)16-20(19(2)26(29)34)31(40)44-30-28(39)27(38)24(17-37)43-32(30)41-3/h1,10-11,13-14,16,24,27-28,30,32,37-39H,5-9,12,15,17-18H2,2-3H3/t24-,27-,28+,30-,32+/m1/s1. The molecule has 0 aliphatic carbocycles. The Hall–Kier alpha value is -2.88. The number of aliphatic hydroxyl groups excluding tert-OH is 3. The van der Waals surface area contributed by atoms with Gasteiger partial charge >= 0.3 is 5.97 Å². The number of methoxy groups -OCH3 is 1. The number of imidazole rings is 1. The van der Waals surface area contributed by atoms with E-state index in [4.69, 9.17) is 53.6 Å². The van der Waals surface area contributed by atoms with Crippen molar-refractivity contribution in [2.75, 3.05) is 13.7 Å². The van der Waals surface area contributed by atoms with Gasteiger partial charge < -0.3 is 38.8 Å². The first-order chi connectivity index (χ1) is 21.2. The minimum absolute atomic E-state index is 0.0302. The van der Waals surface area contributed by atoms with Crippen molar-refractivity contribution >= 4 is 40.2 Å². The molecule has 238 valence electrons. The molecule has 2 heterocycles. The van der Waals surface area contributed by atoms with Crippen LogP contribution in [-0.2, 0) is 27.4 Å². The van der Waals surface area contributed by atoms with Gasteiger partial charge in [-0.05, 0) is 43.5 Å². The lowest BCUT2D eigenvalue weighted by Crippen LogP contribution is -2.60. The van der Waals surface area contributed by atoms with E-state index in [1.54, 1.807) is 6.92 Å². The molecule has 2 aromatic carbocycles. The Labute approximate surface area is 266 Å². The minimum atomic E-state index is -1.57. The highest BCUT2D eigenvalue weighted by atomic mass is 35.5. The zero-order valence-corrected chi connectivity index (χ0v) is 26.3. The first-order valence-electron chi connectivity index (χ1n) is 14.6. The Morgan fingerprint density at radius 2 is 1.86 bits per heavy atom. The third-order valence-electron chi connectivity index (χ3n) is 7.72. The molecule has 0 spiro atoms. The monoisotopic (exact) mass is 648 g/mol. The number of aliphatic hydroxyl groups is 3. The third kappa shape index (κ3) is 7.66. The van der Waals surface area contributed by atoms with E-state index in [0.717, 1.165) is 56.1 Å². The van der Waals surface area contributed by atoms with Crippen LogP contribution in [0.4, 0.5) is 0 Å². The van der Waals surface area contributed by atoms with Gasteiger partial charge in [0.1, 0.15) is 30.7 Å². The lowest BCUT2D eigenvalue weighted by atomic mass is 9.99. The molecule has 3 aromatic rings. The van der Waals surface area contributed by atoms with Crippen LogP contribution in [0.3, 0.4) is 0 Å². The molecule has 1 aromatic heterocycles. The lowest BCUT2D eigenvalue weighted by Gasteiger charge is -2.40. The highest BCUT2D eigenvalue weighted by molar-refractivity contribution is 6.38. The summed E-state index contributed by atoms with van der Waals surface area (Å²) in [6.07, 6.45) is 4.67. The molecular weight excluding hydrogens is 611 g/mol. The molecule has 1 fully saturated rings. The number of hydrogen-bond acceptors (Lipinski definition) is 9. The average molecular weight is 650 g/mol. The number of halogens is 2. The van der Waals surface area contributed by atoms with Crippen LogP contribution in [0.1, 0.15) is 60.3 Å². The van der Waals surface area contributed by atoms with Crippen LogP contribution >= 0.6 is 23.2 Å². The van der Waals surface area contributed by atoms with Gasteiger partial charge in [-0.2, -0.15) is 0 Å². The van der Waals surface area contributed by atoms with Crippen LogP contribution in [0.2, 0.25) is 10.0 Å². The first kappa shape index (κ1) is 34.0. The van der Waals surface area contributed by atoms with Crippen LogP contribution in [0, 0.1) is 19.3 Å². The maximum absolute atomic E-state index is 13.2. The van der Waals surface area contributed by atoms with Gasteiger partial charge in [0.05, 0.1) is 33.2 Å². The molecule has 12 heteroatoms. The predicted molar refractivity (Wildman–Crippen MR) is 166 cm³/mol. The SMILES string of the molecule is C#CCCCCCCCn1c(COc2c(Cl)cc(C(=O)O[C@H]3[C@@H](OC)O[C@H](CO)[C@@H](O)[C@@H]3O)c(C)c2Cl)nc2ccccc21. The average Bonchev–Trinajstić information content (AvgIpc) is 3.38. The second-order valence-corrected chi connectivity index (χ2v) is 11.5. The molecule has 3 N–H and O–H groups in total. The molecule has 44 heavy (non-hydrogen) atoms. The van der Waals surface area contributed by atoms with Gasteiger partial charge in [-0.3, -0.25) is 0 Å². The number of ether oxygens (including phenoxy) is 4. The van der Waals surface area contributed by atoms with Crippen molar-refractivity contribution in [2.45, 2.75) is 89.3 Å². The Balaban J connectivity index is 1.48. The minimum Gasteiger partial charge on any atom is -0.483 e. The van der Waals surface area contributed by atoms with Crippen molar-refractivity contribution < 1.29 is 39.1 Å². The topological polar surface area (TPSA) is 132 Å². The molecule has 0 bridgehead atoms. The fraction of sp³-hybridized carbons (Fsp3) is 0.500. The Morgan fingerprint density at radius 3 is 2.59 bits per heavy atom. The van der Waals surface area contributed by atoms with E-state index in [1.165, 1.54) is 13.2 Å². The van der Waals surface area contributed by atoms with E-state index < -0.39 is 43.3 Å². The zero-order chi connectivity index (χ0) is 31.8. The van der Waals surface area contributed by atoms with Crippen LogP contribution in [0.15, 0.2) is 30.3 Å². The first-order valence-corrected chi connectivity index (χ1v) is 15.3. The highest BCUT2D eigenvalue weighted by Gasteiger charge is 2.47. The van der Waals surface area contributed by atoms with Crippen molar-refractivity contribution in [1.82, 2.24) is 9.55 Å². The second kappa shape index (κ2) is 15.9. The number of carbonyl (C=O) groups excluding carboxylic acids is 1. The lowest BCUT2D eigenvalue weighted by molar-refractivity contribution is -0.293. The molecule has 0 radical (unpaired) electrons. The molecule has 10 nitrogen and oxygen atoms in total. The fourth-order valence-corrected chi connectivity index (χ4v) is 5.81. The quantitative estimate of drug-likeness (QED) is 0.128. The van der Waals surface area contributed by atoms with E-state index in [1.807, 2.05) is 24.3 Å². The molecule has 4 rings (SSSR count). The van der Waals surface area contributed by atoms with Crippen molar-refractivity contribution in [3.05, 3.63) is 57.3 Å². The predicted octanol–water partition coefficient (Wildman–Crippen LogP) is 4.82. The molecular formula is C32H38Cl2N2O8. The number of carbonyl (C=O) groups is 1. The Kier molecular flexibility index (Phi) is 12.3. The van der Waals surface area contributed by atoms with Gasteiger partial charge in [-0.25, -0.2) is 9.78 Å². The van der Waals surface area contributed by atoms with E-state index in [9.17, 15) is 20.1 Å². The number of para-hydroxylation sites is 2. The number of aromatic nitrogens is 2. The number of aryl methyl sites for hydroxylation is 1. The normalized spacial score (nSPS) is 21.7. The summed E-state index contributed by atoms with van der Waals surface area (Å²) >= 11 is 13.2. The van der Waals surface area contributed by atoms with E-state index >= 15 is 0 Å². The smallest absolute Gasteiger partial charge is 0.339 e. The number of esters is 1. The molecule has 1 aliphatic heterocycles. The van der Waals surface area contributed by atoms with Crippen molar-refractivity contribution in [3.8, 4) is 18.1 Å². The van der Waals surface area contributed by atoms with E-state index in [0.29, 0.717) is 11.4 Å². The van der Waals surface area contributed by atoms with Crippen molar-refractivity contribution in [2.24, 2.45) is 0 Å². The van der Waals surface area contributed by atoms with Gasteiger partial charge in [0, 0.05) is 20.1 Å². The molecule has 0 amide bonds. The van der Waals surface area contributed by atoms with E-state index in [2.05, 4.69) is 10.5 Å². The molecule has 1 saturated heterocycles. The summed E-state index contributed by atoms with van der Waals surface area (Å²) in [5, 5.41) is 30.4. The van der Waals surface area contributed by atoms with Gasteiger partial charge in [-0.15, -0.1) is 12.3 Å². The maximum atomic E-state index is 13.2. The Morgan fingerprint density at radius 1 is 1.14 bits per heavy atom. The summed E-state index contributed by atoms with van der Waals surface area (Å²) in [5.74, 6) is 2.71. The number of terminal acetylenes is 1. The molecule has 0 saturated carbocycles. The van der Waals surface area contributed by atoms with Crippen molar-refractivity contribution in [1.29, 1.82) is 0 Å².